The second-order valence-corrected chi connectivity index (χ2v) is 5.41. The maximum absolute atomic E-state index is 4.36. The summed E-state index contributed by atoms with van der Waals surface area (Å²) in [5.41, 5.74) is 0. The Morgan fingerprint density at radius 1 is 1.53 bits per heavy atom. The number of rotatable bonds is 6. The summed E-state index contributed by atoms with van der Waals surface area (Å²) < 4.78 is 0. The lowest BCUT2D eigenvalue weighted by molar-refractivity contribution is 0.697. The van der Waals surface area contributed by atoms with Gasteiger partial charge in [0.1, 0.15) is 0 Å². The van der Waals surface area contributed by atoms with Crippen LogP contribution in [0.4, 0.5) is 0 Å². The Morgan fingerprint density at radius 2 is 2.40 bits per heavy atom. The van der Waals surface area contributed by atoms with E-state index < -0.39 is 0 Å². The normalized spacial score (nSPS) is 16.1. The first-order valence-electron chi connectivity index (χ1n) is 5.89. The van der Waals surface area contributed by atoms with E-state index in [1.807, 2.05) is 11.8 Å². The fraction of sp³-hybridized carbons (Fsp3) is 0.909. The molecule has 1 aliphatic heterocycles. The summed E-state index contributed by atoms with van der Waals surface area (Å²) in [4.78, 5) is 4.36. The molecule has 0 aliphatic carbocycles. The second kappa shape index (κ2) is 7.85. The molecule has 0 aromatic carbocycles. The number of hydrogen-bond donors (Lipinski definition) is 2. The van der Waals surface area contributed by atoms with Gasteiger partial charge in [-0.05, 0) is 30.3 Å². The van der Waals surface area contributed by atoms with Gasteiger partial charge >= 0.3 is 0 Å². The van der Waals surface area contributed by atoms with Crippen LogP contribution in [0.25, 0.3) is 0 Å². The average molecular weight is 229 g/mol. The van der Waals surface area contributed by atoms with Gasteiger partial charge in [0, 0.05) is 19.6 Å². The van der Waals surface area contributed by atoms with Gasteiger partial charge in [-0.3, -0.25) is 4.99 Å². The van der Waals surface area contributed by atoms with Crippen LogP contribution >= 0.6 is 11.8 Å². The molecule has 2 N–H and O–H groups in total. The van der Waals surface area contributed by atoms with Crippen LogP contribution in [-0.4, -0.2) is 37.1 Å². The Labute approximate surface area is 97.5 Å². The zero-order valence-corrected chi connectivity index (χ0v) is 10.7. The summed E-state index contributed by atoms with van der Waals surface area (Å²) in [5.74, 6) is 4.33. The van der Waals surface area contributed by atoms with Crippen molar-refractivity contribution in [2.75, 3.05) is 31.1 Å². The molecule has 0 fully saturated rings. The standard InChI is InChI=1S/C11H23N3S/c1-10(2)9-15-8-4-7-14-11-12-5-3-6-13-11/h10H,3-9H2,1-2H3,(H2,12,13,14). The van der Waals surface area contributed by atoms with Gasteiger partial charge in [-0.25, -0.2) is 0 Å². The third kappa shape index (κ3) is 6.66. The molecule has 0 saturated carbocycles. The average Bonchev–Trinajstić information content (AvgIpc) is 2.24. The van der Waals surface area contributed by atoms with E-state index in [0.717, 1.165) is 37.9 Å². The lowest BCUT2D eigenvalue weighted by Crippen LogP contribution is -2.41. The summed E-state index contributed by atoms with van der Waals surface area (Å²) >= 11 is 2.05. The topological polar surface area (TPSA) is 36.4 Å². The predicted molar refractivity (Wildman–Crippen MR) is 69.7 cm³/mol. The minimum absolute atomic E-state index is 0.812. The van der Waals surface area contributed by atoms with Crippen molar-refractivity contribution in [1.29, 1.82) is 0 Å². The van der Waals surface area contributed by atoms with E-state index in [0.29, 0.717) is 0 Å². The third-order valence-corrected chi connectivity index (χ3v) is 3.59. The number of nitrogens with one attached hydrogen (secondary N) is 2. The van der Waals surface area contributed by atoms with Gasteiger partial charge in [-0.15, -0.1) is 0 Å². The van der Waals surface area contributed by atoms with Crippen LogP contribution in [-0.2, 0) is 0 Å². The Morgan fingerprint density at radius 3 is 3.07 bits per heavy atom. The van der Waals surface area contributed by atoms with Crippen molar-refractivity contribution < 1.29 is 0 Å². The highest BCUT2D eigenvalue weighted by molar-refractivity contribution is 7.99. The van der Waals surface area contributed by atoms with Crippen molar-refractivity contribution in [1.82, 2.24) is 10.6 Å². The maximum atomic E-state index is 4.36. The Balaban J connectivity index is 1.90. The van der Waals surface area contributed by atoms with E-state index in [1.165, 1.54) is 17.9 Å². The van der Waals surface area contributed by atoms with Gasteiger partial charge in [0.25, 0.3) is 0 Å². The van der Waals surface area contributed by atoms with E-state index in [-0.39, 0.29) is 0 Å². The summed E-state index contributed by atoms with van der Waals surface area (Å²) in [7, 11) is 0. The number of thioether (sulfide) groups is 1. The Kier molecular flexibility index (Phi) is 6.64. The van der Waals surface area contributed by atoms with Gasteiger partial charge in [0.2, 0.25) is 0 Å². The van der Waals surface area contributed by atoms with Gasteiger partial charge < -0.3 is 10.6 Å². The zero-order chi connectivity index (χ0) is 10.9. The summed E-state index contributed by atoms with van der Waals surface area (Å²) in [6.45, 7) is 7.61. The van der Waals surface area contributed by atoms with E-state index in [2.05, 4.69) is 29.5 Å². The number of nitrogens with zero attached hydrogens (tertiary/aromatic N) is 1. The van der Waals surface area contributed by atoms with Crippen molar-refractivity contribution >= 4 is 17.7 Å². The molecule has 4 heteroatoms. The Hall–Kier alpha value is -0.380. The minimum atomic E-state index is 0.812. The van der Waals surface area contributed by atoms with E-state index >= 15 is 0 Å². The van der Waals surface area contributed by atoms with Crippen LogP contribution in [0.5, 0.6) is 0 Å². The smallest absolute Gasteiger partial charge is 0.191 e. The van der Waals surface area contributed by atoms with Gasteiger partial charge in [-0.1, -0.05) is 13.8 Å². The summed E-state index contributed by atoms with van der Waals surface area (Å²) in [5, 5.41) is 6.60. The van der Waals surface area contributed by atoms with Crippen molar-refractivity contribution in [2.24, 2.45) is 10.9 Å². The third-order valence-electron chi connectivity index (χ3n) is 2.11. The molecular weight excluding hydrogens is 206 g/mol. The molecule has 0 amide bonds. The summed E-state index contributed by atoms with van der Waals surface area (Å²) in [6, 6.07) is 0. The van der Waals surface area contributed by atoms with Gasteiger partial charge in [0.05, 0.1) is 0 Å². The van der Waals surface area contributed by atoms with Crippen molar-refractivity contribution in [2.45, 2.75) is 26.7 Å². The quantitative estimate of drug-likeness (QED) is 0.681. The van der Waals surface area contributed by atoms with Crippen molar-refractivity contribution in [3.05, 3.63) is 0 Å². The molecule has 0 radical (unpaired) electrons. The van der Waals surface area contributed by atoms with Crippen LogP contribution in [0.3, 0.4) is 0 Å². The molecule has 88 valence electrons. The lowest BCUT2D eigenvalue weighted by atomic mass is 10.3. The largest absolute Gasteiger partial charge is 0.356 e. The molecule has 0 spiro atoms. The molecular formula is C11H23N3S. The number of hydrogen-bond acceptors (Lipinski definition) is 4. The first-order chi connectivity index (χ1) is 7.29. The minimum Gasteiger partial charge on any atom is -0.356 e. The van der Waals surface area contributed by atoms with Crippen LogP contribution in [0.15, 0.2) is 4.99 Å². The van der Waals surface area contributed by atoms with Crippen LogP contribution in [0, 0.1) is 5.92 Å². The van der Waals surface area contributed by atoms with E-state index in [9.17, 15) is 0 Å². The SMILES string of the molecule is CC(C)CSCCCNC1=NCCCN1. The van der Waals surface area contributed by atoms with E-state index in [4.69, 9.17) is 0 Å². The molecule has 1 aliphatic rings. The molecule has 15 heavy (non-hydrogen) atoms. The molecule has 0 atom stereocenters. The predicted octanol–water partition coefficient (Wildman–Crippen LogP) is 1.70. The summed E-state index contributed by atoms with van der Waals surface area (Å²) in [6.07, 6.45) is 2.38. The van der Waals surface area contributed by atoms with Crippen LogP contribution < -0.4 is 10.6 Å². The molecule has 0 unspecified atom stereocenters. The van der Waals surface area contributed by atoms with Crippen LogP contribution in [0.1, 0.15) is 26.7 Å². The molecule has 0 aromatic heterocycles. The molecule has 1 rings (SSSR count). The lowest BCUT2D eigenvalue weighted by Gasteiger charge is -2.15. The van der Waals surface area contributed by atoms with Crippen molar-refractivity contribution in [3.63, 3.8) is 0 Å². The molecule has 0 saturated heterocycles. The maximum Gasteiger partial charge on any atom is 0.191 e. The van der Waals surface area contributed by atoms with Gasteiger partial charge in [-0.2, -0.15) is 11.8 Å². The molecule has 0 aromatic rings. The Bertz CT molecular complexity index is 192. The molecule has 0 bridgehead atoms. The van der Waals surface area contributed by atoms with E-state index in [1.54, 1.807) is 0 Å². The number of aliphatic imine (C=N–C) groups is 1. The highest BCUT2D eigenvalue weighted by atomic mass is 32.2. The monoisotopic (exact) mass is 229 g/mol. The fourth-order valence-corrected chi connectivity index (χ4v) is 2.34. The zero-order valence-electron chi connectivity index (χ0n) is 9.88. The molecule has 3 nitrogen and oxygen atoms in total. The highest BCUT2D eigenvalue weighted by Gasteiger charge is 2.01. The number of guanidine groups is 1. The van der Waals surface area contributed by atoms with Crippen LogP contribution in [0.2, 0.25) is 0 Å². The fourth-order valence-electron chi connectivity index (χ4n) is 1.35. The van der Waals surface area contributed by atoms with Gasteiger partial charge in [0.15, 0.2) is 5.96 Å². The molecule has 1 heterocycles. The van der Waals surface area contributed by atoms with Crippen molar-refractivity contribution in [3.8, 4) is 0 Å². The first-order valence-corrected chi connectivity index (χ1v) is 7.04. The first kappa shape index (κ1) is 12.7. The highest BCUT2D eigenvalue weighted by Crippen LogP contribution is 2.07. The second-order valence-electron chi connectivity index (χ2n) is 4.26.